The van der Waals surface area contributed by atoms with Gasteiger partial charge in [-0.15, -0.1) is 0 Å². The maximum atomic E-state index is 10.5. The molecule has 5 heteroatoms. The van der Waals surface area contributed by atoms with Gasteiger partial charge in [0.2, 0.25) is 5.91 Å². The fraction of sp³-hybridized carbons (Fsp3) is 0.750. The van der Waals surface area contributed by atoms with Crippen molar-refractivity contribution in [3.8, 4) is 0 Å². The quantitative estimate of drug-likeness (QED) is 0.541. The van der Waals surface area contributed by atoms with E-state index in [0.29, 0.717) is 0 Å². The van der Waals surface area contributed by atoms with E-state index in [9.17, 15) is 9.00 Å². The maximum Gasteiger partial charge on any atom is 0.261 e. The highest BCUT2D eigenvalue weighted by molar-refractivity contribution is 7.77. The Labute approximate surface area is 56.1 Å². The van der Waals surface area contributed by atoms with Crippen LogP contribution in [-0.2, 0) is 16.1 Å². The molecule has 0 aromatic heterocycles. The summed E-state index contributed by atoms with van der Waals surface area (Å²) >= 11 is -2.22. The molecule has 4 nitrogen and oxygen atoms in total. The van der Waals surface area contributed by atoms with E-state index >= 15 is 0 Å². The van der Waals surface area contributed by atoms with Gasteiger partial charge in [0, 0.05) is 5.92 Å². The summed E-state index contributed by atoms with van der Waals surface area (Å²) in [5.74, 6) is -0.670. The summed E-state index contributed by atoms with van der Waals surface area (Å²) < 4.78 is 19.8. The summed E-state index contributed by atoms with van der Waals surface area (Å²) in [5, 5.41) is 0. The second kappa shape index (κ2) is 3.58. The van der Waals surface area contributed by atoms with Gasteiger partial charge in [-0.3, -0.25) is 14.1 Å². The Kier molecular flexibility index (Phi) is 3.41. The molecular weight excluding hydrogens is 142 g/mol. The fourth-order valence-electron chi connectivity index (χ4n) is 0.204. The van der Waals surface area contributed by atoms with Gasteiger partial charge in [-0.25, -0.2) is 4.21 Å². The van der Waals surface area contributed by atoms with Crippen LogP contribution in [0.5, 0.6) is 0 Å². The SMILES string of the molecule is CC(C)C(=O)NS(=O)O. The molecule has 0 aromatic rings. The molecule has 0 fully saturated rings. The highest BCUT2D eigenvalue weighted by Gasteiger charge is 2.07. The summed E-state index contributed by atoms with van der Waals surface area (Å²) in [5.41, 5.74) is 0. The summed E-state index contributed by atoms with van der Waals surface area (Å²) in [6.07, 6.45) is 0. The van der Waals surface area contributed by atoms with E-state index < -0.39 is 17.2 Å². The molecule has 0 aromatic carbocycles. The van der Waals surface area contributed by atoms with Crippen LogP contribution in [0.1, 0.15) is 13.8 Å². The van der Waals surface area contributed by atoms with Crippen LogP contribution in [0.4, 0.5) is 0 Å². The van der Waals surface area contributed by atoms with Crippen molar-refractivity contribution in [2.75, 3.05) is 0 Å². The zero-order chi connectivity index (χ0) is 7.44. The van der Waals surface area contributed by atoms with Crippen molar-refractivity contribution in [2.45, 2.75) is 13.8 Å². The van der Waals surface area contributed by atoms with E-state index in [2.05, 4.69) is 0 Å². The lowest BCUT2D eigenvalue weighted by molar-refractivity contribution is -0.122. The van der Waals surface area contributed by atoms with E-state index in [-0.39, 0.29) is 5.92 Å². The third-order valence-electron chi connectivity index (χ3n) is 0.712. The van der Waals surface area contributed by atoms with Crippen LogP contribution >= 0.6 is 0 Å². The molecule has 0 bridgehead atoms. The summed E-state index contributed by atoms with van der Waals surface area (Å²) in [7, 11) is 0. The van der Waals surface area contributed by atoms with Crippen molar-refractivity contribution in [3.05, 3.63) is 0 Å². The molecule has 0 radical (unpaired) electrons. The van der Waals surface area contributed by atoms with Crippen LogP contribution < -0.4 is 4.72 Å². The predicted molar refractivity (Wildman–Crippen MR) is 33.8 cm³/mol. The molecule has 1 amide bonds. The smallest absolute Gasteiger partial charge is 0.261 e. The normalized spacial score (nSPS) is 13.3. The van der Waals surface area contributed by atoms with Crippen LogP contribution in [0.2, 0.25) is 0 Å². The van der Waals surface area contributed by atoms with E-state index in [4.69, 9.17) is 4.55 Å². The summed E-state index contributed by atoms with van der Waals surface area (Å²) in [4.78, 5) is 10.5. The largest absolute Gasteiger partial charge is 0.289 e. The van der Waals surface area contributed by atoms with Crippen molar-refractivity contribution in [1.82, 2.24) is 4.72 Å². The molecule has 2 N–H and O–H groups in total. The van der Waals surface area contributed by atoms with Crippen LogP contribution in [0.3, 0.4) is 0 Å². The number of rotatable bonds is 2. The molecule has 54 valence electrons. The summed E-state index contributed by atoms with van der Waals surface area (Å²) in [6, 6.07) is 0. The van der Waals surface area contributed by atoms with Gasteiger partial charge < -0.3 is 0 Å². The van der Waals surface area contributed by atoms with Gasteiger partial charge in [-0.2, -0.15) is 0 Å². The lowest BCUT2D eigenvalue weighted by Gasteiger charge is -2.00. The Hall–Kier alpha value is -0.420. The van der Waals surface area contributed by atoms with Crippen LogP contribution in [-0.4, -0.2) is 14.7 Å². The van der Waals surface area contributed by atoms with Crippen LogP contribution in [0.25, 0.3) is 0 Å². The van der Waals surface area contributed by atoms with Crippen molar-refractivity contribution in [3.63, 3.8) is 0 Å². The number of hydrogen-bond acceptors (Lipinski definition) is 2. The Morgan fingerprint density at radius 3 is 2.22 bits per heavy atom. The first-order chi connectivity index (χ1) is 4.04. The second-order valence-electron chi connectivity index (χ2n) is 1.87. The Balaban J connectivity index is 3.64. The van der Waals surface area contributed by atoms with Crippen molar-refractivity contribution < 1.29 is 13.6 Å². The van der Waals surface area contributed by atoms with E-state index in [1.807, 2.05) is 4.72 Å². The Bertz CT molecular complexity index is 134. The van der Waals surface area contributed by atoms with Gasteiger partial charge in [0.15, 0.2) is 0 Å². The molecule has 0 saturated carbocycles. The van der Waals surface area contributed by atoms with Crippen LogP contribution in [0.15, 0.2) is 0 Å². The first kappa shape index (κ1) is 8.58. The van der Waals surface area contributed by atoms with Gasteiger partial charge in [0.1, 0.15) is 0 Å². The molecule has 0 aliphatic heterocycles. The molecular formula is C4H9NO3S. The number of carbonyl (C=O) groups is 1. The highest BCUT2D eigenvalue weighted by atomic mass is 32.2. The minimum absolute atomic E-state index is 0.249. The average molecular weight is 151 g/mol. The minimum Gasteiger partial charge on any atom is -0.289 e. The number of amides is 1. The molecule has 9 heavy (non-hydrogen) atoms. The first-order valence-corrected chi connectivity index (χ1v) is 3.56. The van der Waals surface area contributed by atoms with E-state index in [1.54, 1.807) is 13.8 Å². The Morgan fingerprint density at radius 1 is 1.67 bits per heavy atom. The predicted octanol–water partition coefficient (Wildman–Crippen LogP) is -0.105. The molecule has 1 atom stereocenters. The molecule has 0 saturated heterocycles. The number of hydrogen-bond donors (Lipinski definition) is 2. The third-order valence-corrected chi connectivity index (χ3v) is 1.09. The maximum absolute atomic E-state index is 10.5. The van der Waals surface area contributed by atoms with Gasteiger partial charge in [-0.1, -0.05) is 13.8 Å². The van der Waals surface area contributed by atoms with Crippen LogP contribution in [0, 0.1) is 5.92 Å². The van der Waals surface area contributed by atoms with Gasteiger partial charge >= 0.3 is 0 Å². The molecule has 0 rings (SSSR count). The standard InChI is InChI=1S/C4H9NO3S/c1-3(2)4(6)5-9(7)8/h3H,1-2H3,(H,5,6)(H,7,8). The summed E-state index contributed by atoms with van der Waals surface area (Å²) in [6.45, 7) is 3.28. The minimum atomic E-state index is -2.22. The van der Waals surface area contributed by atoms with Crippen molar-refractivity contribution in [1.29, 1.82) is 0 Å². The topological polar surface area (TPSA) is 66.4 Å². The monoisotopic (exact) mass is 151 g/mol. The second-order valence-corrected chi connectivity index (χ2v) is 2.57. The van der Waals surface area contributed by atoms with Gasteiger partial charge in [0.05, 0.1) is 0 Å². The van der Waals surface area contributed by atoms with E-state index in [0.717, 1.165) is 0 Å². The van der Waals surface area contributed by atoms with Gasteiger partial charge in [0.25, 0.3) is 11.3 Å². The molecule has 0 spiro atoms. The lowest BCUT2D eigenvalue weighted by atomic mass is 10.2. The number of nitrogens with one attached hydrogen (secondary N) is 1. The molecule has 0 heterocycles. The van der Waals surface area contributed by atoms with Crippen molar-refractivity contribution in [2.24, 2.45) is 5.92 Å². The fourth-order valence-corrected chi connectivity index (χ4v) is 0.612. The van der Waals surface area contributed by atoms with E-state index in [1.165, 1.54) is 0 Å². The van der Waals surface area contributed by atoms with Crippen molar-refractivity contribution >= 4 is 17.2 Å². The zero-order valence-corrected chi connectivity index (χ0v) is 6.07. The third kappa shape index (κ3) is 4.11. The highest BCUT2D eigenvalue weighted by Crippen LogP contribution is 1.89. The number of carbonyl (C=O) groups excluding carboxylic acids is 1. The average Bonchev–Trinajstić information content (AvgIpc) is 1.63. The molecule has 0 aliphatic carbocycles. The molecule has 1 unspecified atom stereocenters. The lowest BCUT2D eigenvalue weighted by Crippen LogP contribution is -2.28. The molecule has 0 aliphatic rings. The van der Waals surface area contributed by atoms with Gasteiger partial charge in [-0.05, 0) is 0 Å². The Morgan fingerprint density at radius 2 is 2.11 bits per heavy atom. The zero-order valence-electron chi connectivity index (χ0n) is 5.25. The first-order valence-electron chi connectivity index (χ1n) is 2.45.